The molecule has 5 nitrogen and oxygen atoms in total. The lowest BCUT2D eigenvalue weighted by Crippen LogP contribution is -2.33. The minimum absolute atomic E-state index is 0.0664. The minimum Gasteiger partial charge on any atom is -0.376 e. The van der Waals surface area contributed by atoms with Crippen LogP contribution in [0.25, 0.3) is 0 Å². The Balaban J connectivity index is 2.89. The van der Waals surface area contributed by atoms with Gasteiger partial charge in [0.15, 0.2) is 0 Å². The Kier molecular flexibility index (Phi) is 3.85. The summed E-state index contributed by atoms with van der Waals surface area (Å²) in [5.41, 5.74) is 0.761. The Morgan fingerprint density at radius 3 is 2.73 bits per heavy atom. The van der Waals surface area contributed by atoms with Gasteiger partial charge in [-0.2, -0.15) is 5.10 Å². The first-order valence-corrected chi connectivity index (χ1v) is 4.96. The number of aromatic nitrogens is 2. The van der Waals surface area contributed by atoms with Gasteiger partial charge >= 0.3 is 0 Å². The molecule has 1 rings (SSSR count). The molecule has 0 fully saturated rings. The van der Waals surface area contributed by atoms with E-state index in [1.807, 2.05) is 33.0 Å². The number of rotatable bonds is 4. The Morgan fingerprint density at radius 2 is 2.27 bits per heavy atom. The lowest BCUT2D eigenvalue weighted by atomic mass is 10.3. The fourth-order valence-electron chi connectivity index (χ4n) is 1.16. The van der Waals surface area contributed by atoms with Crippen molar-refractivity contribution in [3.05, 3.63) is 22.6 Å². The molecule has 0 aliphatic rings. The van der Waals surface area contributed by atoms with Crippen LogP contribution in [0.3, 0.4) is 0 Å². The molecule has 0 aliphatic carbocycles. The zero-order valence-electron chi connectivity index (χ0n) is 9.69. The highest BCUT2D eigenvalue weighted by atomic mass is 16.1. The second-order valence-corrected chi connectivity index (χ2v) is 3.82. The van der Waals surface area contributed by atoms with E-state index >= 15 is 0 Å². The van der Waals surface area contributed by atoms with Crippen LogP contribution in [0.15, 0.2) is 17.1 Å². The number of nitrogens with zero attached hydrogens (tertiary/aromatic N) is 3. The van der Waals surface area contributed by atoms with Crippen molar-refractivity contribution in [3.63, 3.8) is 0 Å². The highest BCUT2D eigenvalue weighted by Crippen LogP contribution is 2.03. The summed E-state index contributed by atoms with van der Waals surface area (Å²) in [7, 11) is 5.64. The fraction of sp³-hybridized carbons (Fsp3) is 0.600. The average Bonchev–Trinajstić information content (AvgIpc) is 2.20. The molecular weight excluding hydrogens is 192 g/mol. The van der Waals surface area contributed by atoms with Crippen molar-refractivity contribution in [2.75, 3.05) is 26.0 Å². The molecule has 0 radical (unpaired) electrons. The molecule has 1 heterocycles. The summed E-state index contributed by atoms with van der Waals surface area (Å²) in [5, 5.41) is 7.18. The zero-order chi connectivity index (χ0) is 11.4. The van der Waals surface area contributed by atoms with Gasteiger partial charge in [-0.15, -0.1) is 0 Å². The van der Waals surface area contributed by atoms with Crippen LogP contribution in [0.4, 0.5) is 5.69 Å². The molecule has 0 saturated heterocycles. The molecule has 0 spiro atoms. The molecule has 5 heteroatoms. The van der Waals surface area contributed by atoms with Crippen molar-refractivity contribution in [2.24, 2.45) is 0 Å². The molecule has 0 bridgehead atoms. The molecule has 1 atom stereocenters. The molecular formula is C10H18N4O. The van der Waals surface area contributed by atoms with E-state index in [2.05, 4.69) is 10.4 Å². The van der Waals surface area contributed by atoms with Crippen molar-refractivity contribution in [3.8, 4) is 0 Å². The monoisotopic (exact) mass is 210 g/mol. The van der Waals surface area contributed by atoms with Gasteiger partial charge in [0.1, 0.15) is 0 Å². The number of anilines is 1. The van der Waals surface area contributed by atoms with Gasteiger partial charge < -0.3 is 10.2 Å². The van der Waals surface area contributed by atoms with E-state index in [0.29, 0.717) is 6.54 Å². The highest BCUT2D eigenvalue weighted by molar-refractivity contribution is 5.40. The third kappa shape index (κ3) is 3.06. The van der Waals surface area contributed by atoms with Crippen LogP contribution in [0, 0.1) is 0 Å². The number of hydrogen-bond acceptors (Lipinski definition) is 4. The van der Waals surface area contributed by atoms with Gasteiger partial charge in [-0.05, 0) is 14.0 Å². The second kappa shape index (κ2) is 4.93. The van der Waals surface area contributed by atoms with Crippen LogP contribution in [0.5, 0.6) is 0 Å². The summed E-state index contributed by atoms with van der Waals surface area (Å²) in [5.74, 6) is 0. The van der Waals surface area contributed by atoms with Crippen molar-refractivity contribution >= 4 is 5.69 Å². The van der Waals surface area contributed by atoms with Crippen molar-refractivity contribution in [1.82, 2.24) is 15.1 Å². The van der Waals surface area contributed by atoms with Crippen molar-refractivity contribution in [2.45, 2.75) is 19.5 Å². The van der Waals surface area contributed by atoms with Gasteiger partial charge in [0.25, 0.3) is 5.56 Å². The van der Waals surface area contributed by atoms with E-state index in [0.717, 1.165) is 5.69 Å². The summed E-state index contributed by atoms with van der Waals surface area (Å²) < 4.78 is 1.47. The second-order valence-electron chi connectivity index (χ2n) is 3.82. The van der Waals surface area contributed by atoms with Crippen LogP contribution in [0.1, 0.15) is 6.92 Å². The molecule has 0 saturated carbocycles. The quantitative estimate of drug-likeness (QED) is 0.755. The van der Waals surface area contributed by atoms with E-state index in [1.165, 1.54) is 4.68 Å². The van der Waals surface area contributed by atoms with Gasteiger partial charge in [0.05, 0.1) is 18.4 Å². The van der Waals surface area contributed by atoms with Gasteiger partial charge in [-0.1, -0.05) is 0 Å². The fourth-order valence-corrected chi connectivity index (χ4v) is 1.16. The maximum absolute atomic E-state index is 11.6. The molecule has 15 heavy (non-hydrogen) atoms. The Bertz CT molecular complexity index is 372. The summed E-state index contributed by atoms with van der Waals surface area (Å²) in [6.07, 6.45) is 1.70. The molecule has 0 amide bonds. The first kappa shape index (κ1) is 11.7. The molecule has 84 valence electrons. The SMILES string of the molecule is CNC(C)Cn1ncc(N(C)C)cc1=O. The first-order chi connectivity index (χ1) is 7.04. The van der Waals surface area contributed by atoms with Crippen molar-refractivity contribution < 1.29 is 0 Å². The van der Waals surface area contributed by atoms with E-state index in [4.69, 9.17) is 0 Å². The summed E-state index contributed by atoms with van der Waals surface area (Å²) in [4.78, 5) is 13.5. The molecule has 1 aromatic heterocycles. The standard InChI is InChI=1S/C10H18N4O/c1-8(11-2)7-14-10(15)5-9(6-12-14)13(3)4/h5-6,8,11H,7H2,1-4H3. The summed E-state index contributed by atoms with van der Waals surface area (Å²) >= 11 is 0. The molecule has 1 N–H and O–H groups in total. The van der Waals surface area contributed by atoms with Gasteiger partial charge in [0.2, 0.25) is 0 Å². The lowest BCUT2D eigenvalue weighted by molar-refractivity contribution is 0.464. The van der Waals surface area contributed by atoms with Gasteiger partial charge in [-0.3, -0.25) is 4.79 Å². The predicted octanol–water partition coefficient (Wildman–Crippen LogP) is -0.0828. The zero-order valence-corrected chi connectivity index (χ0v) is 9.69. The minimum atomic E-state index is -0.0664. The van der Waals surface area contributed by atoms with E-state index in [9.17, 15) is 4.79 Å². The van der Waals surface area contributed by atoms with Crippen LogP contribution in [-0.2, 0) is 6.54 Å². The third-order valence-corrected chi connectivity index (χ3v) is 2.31. The molecule has 1 unspecified atom stereocenters. The number of likely N-dealkylation sites (N-methyl/N-ethyl adjacent to an activating group) is 1. The smallest absolute Gasteiger partial charge is 0.268 e. The lowest BCUT2D eigenvalue weighted by Gasteiger charge is -2.14. The van der Waals surface area contributed by atoms with E-state index in [1.54, 1.807) is 12.3 Å². The molecule has 0 aliphatic heterocycles. The first-order valence-electron chi connectivity index (χ1n) is 4.96. The predicted molar refractivity (Wildman–Crippen MR) is 61.3 cm³/mol. The maximum Gasteiger partial charge on any atom is 0.268 e. The average molecular weight is 210 g/mol. The number of nitrogens with one attached hydrogen (secondary N) is 1. The maximum atomic E-state index is 11.6. The number of hydrogen-bond donors (Lipinski definition) is 1. The van der Waals surface area contributed by atoms with Gasteiger partial charge in [-0.25, -0.2) is 4.68 Å². The Hall–Kier alpha value is -1.36. The normalized spacial score (nSPS) is 12.5. The topological polar surface area (TPSA) is 50.2 Å². The highest BCUT2D eigenvalue weighted by Gasteiger charge is 2.04. The van der Waals surface area contributed by atoms with Crippen LogP contribution < -0.4 is 15.8 Å². The summed E-state index contributed by atoms with van der Waals surface area (Å²) in [6.45, 7) is 2.59. The van der Waals surface area contributed by atoms with Crippen molar-refractivity contribution in [1.29, 1.82) is 0 Å². The molecule has 1 aromatic rings. The van der Waals surface area contributed by atoms with E-state index < -0.39 is 0 Å². The molecule has 0 aromatic carbocycles. The Labute approximate surface area is 89.7 Å². The summed E-state index contributed by atoms with van der Waals surface area (Å²) in [6, 6.07) is 1.83. The van der Waals surface area contributed by atoms with Crippen LogP contribution in [-0.4, -0.2) is 37.0 Å². The van der Waals surface area contributed by atoms with Crippen LogP contribution >= 0.6 is 0 Å². The third-order valence-electron chi connectivity index (χ3n) is 2.31. The Morgan fingerprint density at radius 1 is 1.60 bits per heavy atom. The van der Waals surface area contributed by atoms with E-state index in [-0.39, 0.29) is 11.6 Å². The van der Waals surface area contributed by atoms with Crippen LogP contribution in [0.2, 0.25) is 0 Å². The van der Waals surface area contributed by atoms with Gasteiger partial charge in [0, 0.05) is 26.2 Å². The largest absolute Gasteiger partial charge is 0.376 e.